The molecule has 0 saturated carbocycles. The normalized spacial score (nSPS) is 12.8. The lowest BCUT2D eigenvalue weighted by Crippen LogP contribution is -2.45. The minimum atomic E-state index is -0.676. The van der Waals surface area contributed by atoms with Crippen LogP contribution in [0.5, 0.6) is 0 Å². The number of ether oxygens (including phenoxy) is 1. The number of unbranched alkanes of at least 4 members (excludes halogenated alkanes) is 38. The fraction of sp³-hybridized carbons (Fsp3) is 0.869. The first kappa shape index (κ1) is 65.1. The summed E-state index contributed by atoms with van der Waals surface area (Å²) in [6.07, 6.45) is 69.9. The first-order chi connectivity index (χ1) is 33.0. The number of allylic oxidation sites excluding steroid dienone is 6. The zero-order valence-corrected chi connectivity index (χ0v) is 44.9. The molecule has 0 radical (unpaired) electrons. The standard InChI is InChI=1S/C61H115NO5/c1-3-5-7-9-11-13-15-17-19-20-21-23-26-29-33-37-41-45-49-53-59(64)58(57-63)62-60(65)54-50-46-42-38-34-30-27-24-22-25-28-32-36-40-44-48-52-56-67-61(66)55-51-47-43-39-35-31-18-16-14-12-10-8-6-4-2/h16,18,22,25,32,36,58-59,63-64H,3-15,17,19-21,23-24,26-31,33-35,37-57H2,1-2H3,(H,62,65)/b18-16-,25-22-,36-32-. The number of nitrogens with one attached hydrogen (secondary N) is 1. The second-order valence-corrected chi connectivity index (χ2v) is 20.3. The molecular weight excluding hydrogens is 827 g/mol. The van der Waals surface area contributed by atoms with Gasteiger partial charge in [-0.05, 0) is 89.9 Å². The van der Waals surface area contributed by atoms with Crippen LogP contribution in [-0.2, 0) is 14.3 Å². The topological polar surface area (TPSA) is 95.9 Å². The minimum Gasteiger partial charge on any atom is -0.466 e. The number of aliphatic hydroxyl groups excluding tert-OH is 2. The predicted octanol–water partition coefficient (Wildman–Crippen LogP) is 18.4. The van der Waals surface area contributed by atoms with Crippen LogP contribution < -0.4 is 5.32 Å². The Morgan fingerprint density at radius 1 is 0.418 bits per heavy atom. The van der Waals surface area contributed by atoms with Gasteiger partial charge in [0.2, 0.25) is 5.91 Å². The molecule has 2 unspecified atom stereocenters. The predicted molar refractivity (Wildman–Crippen MR) is 292 cm³/mol. The maximum atomic E-state index is 12.5. The molecule has 2 atom stereocenters. The number of hydrogen-bond donors (Lipinski definition) is 3. The first-order valence-electron chi connectivity index (χ1n) is 29.7. The van der Waals surface area contributed by atoms with Gasteiger partial charge in [0.1, 0.15) is 0 Å². The van der Waals surface area contributed by atoms with Crippen molar-refractivity contribution in [1.82, 2.24) is 5.32 Å². The van der Waals surface area contributed by atoms with E-state index in [1.54, 1.807) is 0 Å². The van der Waals surface area contributed by atoms with Crippen molar-refractivity contribution in [2.24, 2.45) is 0 Å². The van der Waals surface area contributed by atoms with E-state index in [1.165, 1.54) is 199 Å². The second kappa shape index (κ2) is 56.7. The van der Waals surface area contributed by atoms with Crippen molar-refractivity contribution in [3.63, 3.8) is 0 Å². The van der Waals surface area contributed by atoms with E-state index < -0.39 is 12.1 Å². The van der Waals surface area contributed by atoms with Crippen LogP contribution >= 0.6 is 0 Å². The summed E-state index contributed by atoms with van der Waals surface area (Å²) in [5.41, 5.74) is 0. The number of hydrogen-bond acceptors (Lipinski definition) is 5. The van der Waals surface area contributed by atoms with E-state index in [0.717, 1.165) is 83.5 Å². The maximum Gasteiger partial charge on any atom is 0.305 e. The summed E-state index contributed by atoms with van der Waals surface area (Å²) in [6, 6.07) is -0.555. The highest BCUT2D eigenvalue weighted by Crippen LogP contribution is 2.17. The molecule has 0 aliphatic carbocycles. The Labute approximate surface area is 417 Å². The molecule has 6 heteroatoms. The lowest BCUT2D eigenvalue weighted by atomic mass is 10.0. The molecule has 0 aromatic heterocycles. The molecular formula is C61H115NO5. The van der Waals surface area contributed by atoms with Crippen molar-refractivity contribution in [2.75, 3.05) is 13.2 Å². The summed E-state index contributed by atoms with van der Waals surface area (Å²) in [5.74, 6) is -0.0733. The second-order valence-electron chi connectivity index (χ2n) is 20.3. The van der Waals surface area contributed by atoms with E-state index in [1.807, 2.05) is 0 Å². The van der Waals surface area contributed by atoms with E-state index >= 15 is 0 Å². The average Bonchev–Trinajstić information content (AvgIpc) is 3.33. The van der Waals surface area contributed by atoms with Gasteiger partial charge in [0.05, 0.1) is 25.4 Å². The van der Waals surface area contributed by atoms with Crippen molar-refractivity contribution < 1.29 is 24.5 Å². The molecule has 0 aliphatic rings. The van der Waals surface area contributed by atoms with Gasteiger partial charge in [0, 0.05) is 12.8 Å². The van der Waals surface area contributed by atoms with E-state index in [0.29, 0.717) is 25.9 Å². The Hall–Kier alpha value is -1.92. The molecule has 0 rings (SSSR count). The van der Waals surface area contributed by atoms with Gasteiger partial charge in [0.25, 0.3) is 0 Å². The molecule has 0 aliphatic heterocycles. The van der Waals surface area contributed by atoms with Crippen molar-refractivity contribution in [2.45, 2.75) is 328 Å². The Balaban J connectivity index is 3.50. The molecule has 0 bridgehead atoms. The number of aliphatic hydroxyl groups is 2. The highest BCUT2D eigenvalue weighted by atomic mass is 16.5. The largest absolute Gasteiger partial charge is 0.466 e. The summed E-state index contributed by atoms with van der Waals surface area (Å²) < 4.78 is 5.45. The molecule has 0 saturated heterocycles. The number of rotatable bonds is 55. The fourth-order valence-electron chi connectivity index (χ4n) is 9.08. The van der Waals surface area contributed by atoms with Gasteiger partial charge in [-0.25, -0.2) is 0 Å². The number of esters is 1. The summed E-state index contributed by atoms with van der Waals surface area (Å²) in [6.45, 7) is 4.91. The van der Waals surface area contributed by atoms with E-state index in [2.05, 4.69) is 55.6 Å². The van der Waals surface area contributed by atoms with Gasteiger partial charge >= 0.3 is 5.97 Å². The van der Waals surface area contributed by atoms with Gasteiger partial charge in [-0.1, -0.05) is 249 Å². The smallest absolute Gasteiger partial charge is 0.305 e. The average molecular weight is 943 g/mol. The summed E-state index contributed by atoms with van der Waals surface area (Å²) >= 11 is 0. The van der Waals surface area contributed by atoms with Crippen LogP contribution in [0.3, 0.4) is 0 Å². The zero-order chi connectivity index (χ0) is 48.6. The van der Waals surface area contributed by atoms with Crippen LogP contribution in [0, 0.1) is 0 Å². The highest BCUT2D eigenvalue weighted by molar-refractivity contribution is 5.76. The molecule has 6 nitrogen and oxygen atoms in total. The molecule has 0 aromatic carbocycles. The summed E-state index contributed by atoms with van der Waals surface area (Å²) in [4.78, 5) is 24.5. The number of amides is 1. The zero-order valence-electron chi connectivity index (χ0n) is 44.9. The highest BCUT2D eigenvalue weighted by Gasteiger charge is 2.20. The van der Waals surface area contributed by atoms with Crippen molar-refractivity contribution in [3.8, 4) is 0 Å². The maximum absolute atomic E-state index is 12.5. The van der Waals surface area contributed by atoms with E-state index in [-0.39, 0.29) is 18.5 Å². The number of carbonyl (C=O) groups is 2. The molecule has 67 heavy (non-hydrogen) atoms. The van der Waals surface area contributed by atoms with Crippen LogP contribution in [0.4, 0.5) is 0 Å². The van der Waals surface area contributed by atoms with Crippen LogP contribution in [0.25, 0.3) is 0 Å². The van der Waals surface area contributed by atoms with Crippen LogP contribution in [0.15, 0.2) is 36.5 Å². The van der Waals surface area contributed by atoms with Crippen molar-refractivity contribution >= 4 is 11.9 Å². The van der Waals surface area contributed by atoms with Gasteiger partial charge in [0.15, 0.2) is 0 Å². The molecule has 394 valence electrons. The summed E-state index contributed by atoms with van der Waals surface area (Å²) in [5, 5.41) is 23.3. The van der Waals surface area contributed by atoms with Crippen molar-refractivity contribution in [1.29, 1.82) is 0 Å². The third-order valence-corrected chi connectivity index (χ3v) is 13.7. The lowest BCUT2D eigenvalue weighted by molar-refractivity contribution is -0.143. The van der Waals surface area contributed by atoms with Gasteiger partial charge in [-0.2, -0.15) is 0 Å². The van der Waals surface area contributed by atoms with E-state index in [9.17, 15) is 19.8 Å². The summed E-state index contributed by atoms with van der Waals surface area (Å²) in [7, 11) is 0. The van der Waals surface area contributed by atoms with E-state index in [4.69, 9.17) is 4.74 Å². The van der Waals surface area contributed by atoms with Crippen LogP contribution in [0.2, 0.25) is 0 Å². The Kier molecular flexibility index (Phi) is 55.0. The quantitative estimate of drug-likeness (QED) is 0.0321. The molecule has 3 N–H and O–H groups in total. The molecule has 0 heterocycles. The minimum absolute atomic E-state index is 0.0238. The molecule has 0 fully saturated rings. The van der Waals surface area contributed by atoms with Crippen LogP contribution in [0.1, 0.15) is 316 Å². The van der Waals surface area contributed by atoms with Gasteiger partial charge < -0.3 is 20.3 Å². The Bertz CT molecular complexity index is 1090. The third-order valence-electron chi connectivity index (χ3n) is 13.7. The third kappa shape index (κ3) is 53.3. The fourth-order valence-corrected chi connectivity index (χ4v) is 9.08. The van der Waals surface area contributed by atoms with Gasteiger partial charge in [-0.15, -0.1) is 0 Å². The van der Waals surface area contributed by atoms with Crippen molar-refractivity contribution in [3.05, 3.63) is 36.5 Å². The first-order valence-corrected chi connectivity index (χ1v) is 29.7. The SMILES string of the molecule is CCCCCCC/C=C\CCCCCCCC(=O)OCCCCC/C=C\C/C=C\CCCCCCCCCC(=O)NC(CO)C(O)CCCCCCCCCCCCCCCCCCCCC. The molecule has 0 aromatic rings. The molecule has 0 spiro atoms. The lowest BCUT2D eigenvalue weighted by Gasteiger charge is -2.22. The van der Waals surface area contributed by atoms with Gasteiger partial charge in [-0.3, -0.25) is 9.59 Å². The molecule has 1 amide bonds. The number of carbonyl (C=O) groups excluding carboxylic acids is 2. The Morgan fingerprint density at radius 2 is 0.746 bits per heavy atom. The monoisotopic (exact) mass is 942 g/mol. The Morgan fingerprint density at radius 3 is 1.15 bits per heavy atom. The van der Waals surface area contributed by atoms with Crippen LogP contribution in [-0.4, -0.2) is 47.4 Å².